The summed E-state index contributed by atoms with van der Waals surface area (Å²) in [7, 11) is 0. The van der Waals surface area contributed by atoms with E-state index in [4.69, 9.17) is 0 Å². The first-order valence-corrected chi connectivity index (χ1v) is 10.1. The van der Waals surface area contributed by atoms with Gasteiger partial charge in [-0.15, -0.1) is 5.10 Å². The van der Waals surface area contributed by atoms with Gasteiger partial charge in [-0.05, 0) is 28.8 Å². The molecule has 1 aromatic heterocycles. The first-order chi connectivity index (χ1) is 15.8. The molecule has 4 aromatic rings. The van der Waals surface area contributed by atoms with Gasteiger partial charge < -0.3 is 0 Å². The van der Waals surface area contributed by atoms with Gasteiger partial charge in [-0.2, -0.15) is 10.5 Å². The molecule has 32 heavy (non-hydrogen) atoms. The van der Waals surface area contributed by atoms with Crippen LogP contribution in [0.15, 0.2) is 91.0 Å². The van der Waals surface area contributed by atoms with Gasteiger partial charge >= 0.3 is 0 Å². The van der Waals surface area contributed by atoms with Gasteiger partial charge in [-0.3, -0.25) is 0 Å². The molecule has 0 N–H and O–H groups in total. The Morgan fingerprint density at radius 1 is 0.719 bits per heavy atom. The minimum atomic E-state index is 0.288. The molecule has 0 bridgehead atoms. The van der Waals surface area contributed by atoms with Crippen molar-refractivity contribution in [1.29, 1.82) is 10.5 Å². The molecular formula is C27H19N5. The average molecular weight is 413 g/mol. The molecule has 0 unspecified atom stereocenters. The quantitative estimate of drug-likeness (QED) is 0.394. The van der Waals surface area contributed by atoms with Crippen molar-refractivity contribution >= 4 is 23.3 Å². The normalized spacial score (nSPS) is 11.6. The topological polar surface area (TPSA) is 78.3 Å². The number of allylic oxidation sites excluding steroid dienone is 2. The van der Waals surface area contributed by atoms with Crippen molar-refractivity contribution in [3.63, 3.8) is 0 Å². The second-order valence-corrected chi connectivity index (χ2v) is 7.06. The highest BCUT2D eigenvalue weighted by atomic mass is 15.3. The van der Waals surface area contributed by atoms with E-state index in [2.05, 4.69) is 22.2 Å². The fourth-order valence-electron chi connectivity index (χ4n) is 3.25. The number of hydrogen-bond donors (Lipinski definition) is 0. The molecule has 0 saturated carbocycles. The van der Waals surface area contributed by atoms with Crippen LogP contribution in [-0.2, 0) is 6.54 Å². The van der Waals surface area contributed by atoms with Crippen molar-refractivity contribution in [3.05, 3.63) is 119 Å². The third-order valence-corrected chi connectivity index (χ3v) is 4.79. The number of benzene rings is 3. The third-order valence-electron chi connectivity index (χ3n) is 4.79. The van der Waals surface area contributed by atoms with Crippen LogP contribution < -0.4 is 0 Å². The van der Waals surface area contributed by atoms with Crippen LogP contribution in [0.4, 0.5) is 0 Å². The fourth-order valence-corrected chi connectivity index (χ4v) is 3.25. The zero-order valence-corrected chi connectivity index (χ0v) is 17.3. The van der Waals surface area contributed by atoms with Crippen molar-refractivity contribution in [3.8, 4) is 12.1 Å². The Balaban J connectivity index is 1.81. The molecular weight excluding hydrogens is 394 g/mol. The van der Waals surface area contributed by atoms with E-state index in [1.807, 2.05) is 91.0 Å². The summed E-state index contributed by atoms with van der Waals surface area (Å²) in [6, 6.07) is 33.4. The molecule has 4 rings (SSSR count). The molecule has 0 fully saturated rings. The van der Waals surface area contributed by atoms with Gasteiger partial charge in [0, 0.05) is 0 Å². The van der Waals surface area contributed by atoms with Gasteiger partial charge in [0.05, 0.1) is 17.7 Å². The summed E-state index contributed by atoms with van der Waals surface area (Å²) in [6.07, 6.45) is 3.53. The number of rotatable bonds is 6. The Morgan fingerprint density at radius 3 is 1.75 bits per heavy atom. The Hall–Kier alpha value is -4.74. The second kappa shape index (κ2) is 9.84. The SMILES string of the molecule is N#C/C(=C\c1ccccc1)c1nc(/C(C#N)=C/c2ccccc2)n(Cc2ccccc2)n1. The summed E-state index contributed by atoms with van der Waals surface area (Å²) in [4.78, 5) is 4.61. The van der Waals surface area contributed by atoms with Crippen LogP contribution in [0.1, 0.15) is 28.3 Å². The number of nitriles is 2. The summed E-state index contributed by atoms with van der Waals surface area (Å²) in [5.41, 5.74) is 3.50. The van der Waals surface area contributed by atoms with Gasteiger partial charge in [-0.25, -0.2) is 9.67 Å². The smallest absolute Gasteiger partial charge is 0.192 e. The van der Waals surface area contributed by atoms with Crippen LogP contribution in [0.5, 0.6) is 0 Å². The van der Waals surface area contributed by atoms with Gasteiger partial charge in [0.25, 0.3) is 0 Å². The first kappa shape index (κ1) is 20.5. The second-order valence-electron chi connectivity index (χ2n) is 7.06. The van der Waals surface area contributed by atoms with Gasteiger partial charge in [0.1, 0.15) is 12.1 Å². The molecule has 0 saturated heterocycles. The van der Waals surface area contributed by atoms with E-state index >= 15 is 0 Å². The summed E-state index contributed by atoms with van der Waals surface area (Å²) in [5, 5.41) is 24.3. The number of nitrogens with zero attached hydrogens (tertiary/aromatic N) is 5. The summed E-state index contributed by atoms with van der Waals surface area (Å²) >= 11 is 0. The Bertz CT molecular complexity index is 1340. The van der Waals surface area contributed by atoms with E-state index in [0.717, 1.165) is 16.7 Å². The van der Waals surface area contributed by atoms with Crippen LogP contribution in [0.2, 0.25) is 0 Å². The Labute approximate surface area is 186 Å². The van der Waals surface area contributed by atoms with Gasteiger partial charge in [0.2, 0.25) is 0 Å². The Morgan fingerprint density at radius 2 is 1.22 bits per heavy atom. The molecule has 0 aliphatic heterocycles. The van der Waals surface area contributed by atoms with Crippen molar-refractivity contribution in [2.45, 2.75) is 6.54 Å². The maximum atomic E-state index is 9.89. The fraction of sp³-hybridized carbons (Fsp3) is 0.0370. The first-order valence-electron chi connectivity index (χ1n) is 10.1. The van der Waals surface area contributed by atoms with Crippen LogP contribution in [0.3, 0.4) is 0 Å². The zero-order valence-electron chi connectivity index (χ0n) is 17.3. The molecule has 0 atom stereocenters. The minimum Gasteiger partial charge on any atom is -0.240 e. The zero-order chi connectivity index (χ0) is 22.2. The average Bonchev–Trinajstić information content (AvgIpc) is 3.26. The molecule has 3 aromatic carbocycles. The summed E-state index contributed by atoms with van der Waals surface area (Å²) in [5.74, 6) is 0.709. The van der Waals surface area contributed by atoms with E-state index in [-0.39, 0.29) is 5.82 Å². The maximum absolute atomic E-state index is 9.89. The lowest BCUT2D eigenvalue weighted by Crippen LogP contribution is -2.06. The van der Waals surface area contributed by atoms with Gasteiger partial charge in [0.15, 0.2) is 11.6 Å². The van der Waals surface area contributed by atoms with Crippen molar-refractivity contribution in [2.24, 2.45) is 0 Å². The lowest BCUT2D eigenvalue weighted by Gasteiger charge is -2.05. The van der Waals surface area contributed by atoms with E-state index in [9.17, 15) is 10.5 Å². The van der Waals surface area contributed by atoms with E-state index in [0.29, 0.717) is 23.5 Å². The highest BCUT2D eigenvalue weighted by Crippen LogP contribution is 2.21. The van der Waals surface area contributed by atoms with Crippen LogP contribution in [0.25, 0.3) is 23.3 Å². The lowest BCUT2D eigenvalue weighted by atomic mass is 10.1. The van der Waals surface area contributed by atoms with Crippen LogP contribution in [-0.4, -0.2) is 14.8 Å². The largest absolute Gasteiger partial charge is 0.240 e. The maximum Gasteiger partial charge on any atom is 0.192 e. The summed E-state index contributed by atoms with van der Waals surface area (Å²) < 4.78 is 1.68. The molecule has 0 aliphatic carbocycles. The molecule has 0 radical (unpaired) electrons. The highest BCUT2D eigenvalue weighted by molar-refractivity contribution is 5.90. The number of aromatic nitrogens is 3. The van der Waals surface area contributed by atoms with Crippen molar-refractivity contribution in [1.82, 2.24) is 14.8 Å². The molecule has 0 spiro atoms. The highest BCUT2D eigenvalue weighted by Gasteiger charge is 2.17. The molecule has 5 nitrogen and oxygen atoms in total. The predicted octanol–water partition coefficient (Wildman–Crippen LogP) is 5.45. The monoisotopic (exact) mass is 413 g/mol. The molecule has 0 aliphatic rings. The van der Waals surface area contributed by atoms with E-state index < -0.39 is 0 Å². The van der Waals surface area contributed by atoms with Crippen molar-refractivity contribution in [2.75, 3.05) is 0 Å². The molecule has 5 heteroatoms. The van der Waals surface area contributed by atoms with Gasteiger partial charge in [-0.1, -0.05) is 91.0 Å². The molecule has 1 heterocycles. The van der Waals surface area contributed by atoms with E-state index in [1.54, 1.807) is 16.8 Å². The van der Waals surface area contributed by atoms with Crippen molar-refractivity contribution < 1.29 is 0 Å². The third kappa shape index (κ3) is 4.87. The van der Waals surface area contributed by atoms with E-state index in [1.165, 1.54) is 0 Å². The molecule has 152 valence electrons. The van der Waals surface area contributed by atoms with Crippen LogP contribution >= 0.6 is 0 Å². The number of hydrogen-bond acceptors (Lipinski definition) is 4. The summed E-state index contributed by atoms with van der Waals surface area (Å²) in [6.45, 7) is 0.432. The molecule has 0 amide bonds. The predicted molar refractivity (Wildman–Crippen MR) is 125 cm³/mol. The Kier molecular flexibility index (Phi) is 6.31. The van der Waals surface area contributed by atoms with Crippen LogP contribution in [0, 0.1) is 22.7 Å². The lowest BCUT2D eigenvalue weighted by molar-refractivity contribution is 0.674. The minimum absolute atomic E-state index is 0.288. The standard InChI is InChI=1S/C27H19N5/c28-18-24(16-21-10-4-1-5-11-21)26-30-27(25(19-29)17-22-12-6-2-7-13-22)32(31-26)20-23-14-8-3-9-15-23/h1-17H,20H2/b24-16+,25-17+.